The second-order valence-electron chi connectivity index (χ2n) is 9.98. The Morgan fingerprint density at radius 1 is 1.10 bits per heavy atom. The molecule has 0 radical (unpaired) electrons. The maximum absolute atomic E-state index is 13.7. The number of azo groups is 1. The molecule has 0 saturated carbocycles. The summed E-state index contributed by atoms with van der Waals surface area (Å²) in [5.74, 6) is 0.271. The van der Waals surface area contributed by atoms with Crippen molar-refractivity contribution in [3.05, 3.63) is 76.9 Å². The maximum atomic E-state index is 13.7. The molecule has 2 atom stereocenters. The van der Waals surface area contributed by atoms with Crippen LogP contribution >= 0.6 is 0 Å². The van der Waals surface area contributed by atoms with Gasteiger partial charge in [-0.3, -0.25) is 9.78 Å². The highest BCUT2D eigenvalue weighted by molar-refractivity contribution is 6.02. The summed E-state index contributed by atoms with van der Waals surface area (Å²) in [5.41, 5.74) is 7.72. The normalized spacial score (nSPS) is 28.0. The van der Waals surface area contributed by atoms with E-state index in [4.69, 9.17) is 0 Å². The van der Waals surface area contributed by atoms with Crippen LogP contribution in [0.5, 0.6) is 0 Å². The highest BCUT2D eigenvalue weighted by Crippen LogP contribution is 2.57. The van der Waals surface area contributed by atoms with Gasteiger partial charge in [0.2, 0.25) is 0 Å². The maximum Gasteiger partial charge on any atom is 0.164 e. The van der Waals surface area contributed by atoms with Gasteiger partial charge in [-0.15, -0.1) is 0 Å². The molecule has 6 rings (SSSR count). The lowest BCUT2D eigenvalue weighted by atomic mass is 9.55. The molecule has 1 N–H and O–H groups in total. The third-order valence-electron chi connectivity index (χ3n) is 7.38. The molecule has 0 amide bonds. The van der Waals surface area contributed by atoms with Crippen LogP contribution in [0.4, 0.5) is 0 Å². The Kier molecular flexibility index (Phi) is 3.89. The van der Waals surface area contributed by atoms with Gasteiger partial charge < -0.3 is 5.32 Å². The quantitative estimate of drug-likeness (QED) is 0.699. The molecule has 0 saturated heterocycles. The van der Waals surface area contributed by atoms with Crippen molar-refractivity contribution in [2.75, 3.05) is 0 Å². The number of hydrogen-bond acceptors (Lipinski definition) is 5. The van der Waals surface area contributed by atoms with E-state index >= 15 is 0 Å². The number of fused-ring (bicyclic) bond motifs is 5. The second-order valence-corrected chi connectivity index (χ2v) is 9.98. The molecular weight excluding hydrogens is 384 g/mol. The first-order valence-corrected chi connectivity index (χ1v) is 11.2. The summed E-state index contributed by atoms with van der Waals surface area (Å²) in [6.45, 7) is 4.36. The summed E-state index contributed by atoms with van der Waals surface area (Å²) in [5, 5.41) is 12.4. The van der Waals surface area contributed by atoms with Crippen molar-refractivity contribution in [1.82, 2.24) is 10.3 Å². The third-order valence-corrected chi connectivity index (χ3v) is 7.38. The van der Waals surface area contributed by atoms with Crippen molar-refractivity contribution >= 4 is 5.78 Å². The minimum Gasteiger partial charge on any atom is -0.362 e. The molecule has 2 aromatic rings. The number of hydrogen-bond donors (Lipinski definition) is 1. The zero-order chi connectivity index (χ0) is 21.2. The van der Waals surface area contributed by atoms with E-state index in [1.807, 2.05) is 18.6 Å². The fourth-order valence-corrected chi connectivity index (χ4v) is 6.28. The van der Waals surface area contributed by atoms with Gasteiger partial charge in [-0.25, -0.2) is 0 Å². The van der Waals surface area contributed by atoms with Gasteiger partial charge >= 0.3 is 0 Å². The van der Waals surface area contributed by atoms with Gasteiger partial charge in [0.15, 0.2) is 11.9 Å². The van der Waals surface area contributed by atoms with Crippen molar-refractivity contribution in [3.63, 3.8) is 0 Å². The number of nitrogens with zero attached hydrogens (tertiary/aromatic N) is 3. The number of Topliss-reactive ketones (excluding diaryl/α,β-unsaturated/α-hetero) is 1. The van der Waals surface area contributed by atoms with Crippen LogP contribution in [0, 0.1) is 5.41 Å². The Morgan fingerprint density at radius 3 is 2.77 bits per heavy atom. The van der Waals surface area contributed by atoms with E-state index < -0.39 is 5.41 Å². The van der Waals surface area contributed by atoms with Crippen LogP contribution in [0.3, 0.4) is 0 Å². The molecule has 0 bridgehead atoms. The molecule has 0 fully saturated rings. The Balaban J connectivity index is 1.63. The van der Waals surface area contributed by atoms with E-state index in [1.165, 1.54) is 22.3 Å². The van der Waals surface area contributed by atoms with Crippen LogP contribution < -0.4 is 5.32 Å². The summed E-state index contributed by atoms with van der Waals surface area (Å²) in [4.78, 5) is 17.9. The molecule has 3 heterocycles. The smallest absolute Gasteiger partial charge is 0.164 e. The lowest BCUT2D eigenvalue weighted by molar-refractivity contribution is -0.119. The van der Waals surface area contributed by atoms with E-state index in [2.05, 4.69) is 64.7 Å². The average Bonchev–Trinajstić information content (AvgIpc) is 3.22. The molecule has 1 spiro atoms. The SMILES string of the molecule is CC1(C)CC(=O)C2=C(C1)NC1N=NC=C1[C@]21CCCc2c(-c3ccncc3)cccc21. The molecule has 1 aromatic heterocycles. The van der Waals surface area contributed by atoms with Crippen molar-refractivity contribution in [2.24, 2.45) is 15.6 Å². The van der Waals surface area contributed by atoms with Gasteiger partial charge in [-0.05, 0) is 65.5 Å². The molecular formula is C26H26N4O. The van der Waals surface area contributed by atoms with Crippen LogP contribution in [0.2, 0.25) is 0 Å². The number of aromatic nitrogens is 1. The lowest BCUT2D eigenvalue weighted by Crippen LogP contribution is -2.52. The second kappa shape index (κ2) is 6.46. The van der Waals surface area contributed by atoms with Gasteiger partial charge in [-0.2, -0.15) is 10.2 Å². The number of rotatable bonds is 1. The number of benzene rings is 1. The van der Waals surface area contributed by atoms with Crippen molar-refractivity contribution in [1.29, 1.82) is 0 Å². The molecule has 31 heavy (non-hydrogen) atoms. The summed E-state index contributed by atoms with van der Waals surface area (Å²) < 4.78 is 0. The summed E-state index contributed by atoms with van der Waals surface area (Å²) in [6, 6.07) is 10.7. The summed E-state index contributed by atoms with van der Waals surface area (Å²) in [6.07, 6.45) is 9.86. The minimum atomic E-state index is -0.432. The van der Waals surface area contributed by atoms with Crippen LogP contribution in [0.15, 0.2) is 76.0 Å². The van der Waals surface area contributed by atoms with Crippen LogP contribution in [-0.2, 0) is 16.6 Å². The lowest BCUT2D eigenvalue weighted by Gasteiger charge is -2.50. The third kappa shape index (κ3) is 2.62. The van der Waals surface area contributed by atoms with E-state index in [9.17, 15) is 4.79 Å². The minimum absolute atomic E-state index is 0.0442. The largest absolute Gasteiger partial charge is 0.362 e. The first-order valence-electron chi connectivity index (χ1n) is 11.2. The zero-order valence-electron chi connectivity index (χ0n) is 18.0. The fourth-order valence-electron chi connectivity index (χ4n) is 6.28. The summed E-state index contributed by atoms with van der Waals surface area (Å²) >= 11 is 0. The predicted molar refractivity (Wildman–Crippen MR) is 119 cm³/mol. The Labute approximate surface area is 182 Å². The van der Waals surface area contributed by atoms with Gasteiger partial charge in [-0.1, -0.05) is 32.0 Å². The van der Waals surface area contributed by atoms with Crippen molar-refractivity contribution < 1.29 is 4.79 Å². The van der Waals surface area contributed by atoms with E-state index in [1.54, 1.807) is 0 Å². The van der Waals surface area contributed by atoms with Crippen LogP contribution in [0.25, 0.3) is 11.1 Å². The number of allylic oxidation sites excluding steroid dienone is 2. The number of carbonyl (C=O) groups excluding carboxylic acids is 1. The number of carbonyl (C=O) groups is 1. The number of nitrogens with one attached hydrogen (secondary N) is 1. The molecule has 4 aliphatic rings. The predicted octanol–water partition coefficient (Wildman–Crippen LogP) is 5.24. The number of ketones is 1. The van der Waals surface area contributed by atoms with E-state index in [-0.39, 0.29) is 17.4 Å². The average molecular weight is 411 g/mol. The van der Waals surface area contributed by atoms with Crippen LogP contribution in [-0.4, -0.2) is 16.9 Å². The number of pyridine rings is 1. The van der Waals surface area contributed by atoms with Crippen molar-refractivity contribution in [2.45, 2.75) is 57.5 Å². The summed E-state index contributed by atoms with van der Waals surface area (Å²) in [7, 11) is 0. The van der Waals surface area contributed by atoms with Gasteiger partial charge in [0.25, 0.3) is 0 Å². The van der Waals surface area contributed by atoms with Gasteiger partial charge in [0, 0.05) is 35.7 Å². The Bertz CT molecular complexity index is 1190. The highest BCUT2D eigenvalue weighted by atomic mass is 16.1. The molecule has 5 heteroatoms. The zero-order valence-corrected chi connectivity index (χ0v) is 18.0. The standard InChI is InChI=1S/C26H26N4O/c1-25(2)13-21-23(22(31)14-25)26(20-15-28-30-24(20)29-21)10-4-6-18-17(5-3-7-19(18)26)16-8-11-27-12-9-16/h3,5,7-9,11-12,15,24,29H,4,6,10,13-14H2,1-2H3/t24?,26-/m1/s1. The molecule has 5 nitrogen and oxygen atoms in total. The van der Waals surface area contributed by atoms with Gasteiger partial charge in [0.05, 0.1) is 11.6 Å². The Morgan fingerprint density at radius 2 is 1.94 bits per heavy atom. The van der Waals surface area contributed by atoms with Crippen LogP contribution in [0.1, 0.15) is 50.7 Å². The first kappa shape index (κ1) is 18.7. The van der Waals surface area contributed by atoms with Gasteiger partial charge in [0.1, 0.15) is 0 Å². The van der Waals surface area contributed by atoms with E-state index in [0.717, 1.165) is 42.5 Å². The molecule has 2 aliphatic carbocycles. The topological polar surface area (TPSA) is 66.7 Å². The monoisotopic (exact) mass is 410 g/mol. The molecule has 2 aliphatic heterocycles. The molecule has 1 unspecified atom stereocenters. The highest BCUT2D eigenvalue weighted by Gasteiger charge is 2.55. The molecule has 156 valence electrons. The first-order chi connectivity index (χ1) is 15.0. The Hall–Kier alpha value is -3.08. The van der Waals surface area contributed by atoms with Crippen molar-refractivity contribution in [3.8, 4) is 11.1 Å². The molecule has 1 aromatic carbocycles. The van der Waals surface area contributed by atoms with E-state index in [0.29, 0.717) is 6.42 Å². The fraction of sp³-hybridized carbons (Fsp3) is 0.385.